The molecule has 0 radical (unpaired) electrons. The lowest BCUT2D eigenvalue weighted by Crippen LogP contribution is -2.30. The summed E-state index contributed by atoms with van der Waals surface area (Å²) in [5.41, 5.74) is 0.986. The predicted octanol–water partition coefficient (Wildman–Crippen LogP) is 1.67. The topological polar surface area (TPSA) is 46.4 Å². The average molecular weight is 219 g/mol. The summed E-state index contributed by atoms with van der Waals surface area (Å²) in [5, 5.41) is 10.3. The van der Waals surface area contributed by atoms with E-state index in [4.69, 9.17) is 0 Å². The first kappa shape index (κ1) is 8.26. The highest BCUT2D eigenvalue weighted by Crippen LogP contribution is 2.16. The van der Waals surface area contributed by atoms with E-state index in [9.17, 15) is 10.1 Å². The Balaban J connectivity index is 2.77. The zero-order valence-electron chi connectivity index (χ0n) is 5.90. The van der Waals surface area contributed by atoms with Crippen LogP contribution in [0.4, 0.5) is 0 Å². The third-order valence-corrected chi connectivity index (χ3v) is 1.95. The summed E-state index contributed by atoms with van der Waals surface area (Å²) in [4.78, 5) is 9.96. The molecule has 1 heterocycles. The smallest absolute Gasteiger partial charge is 0.262 e. The minimum absolute atomic E-state index is 0.367. The molecule has 0 aromatic heterocycles. The lowest BCUT2D eigenvalue weighted by Gasteiger charge is -2.17. The van der Waals surface area contributed by atoms with E-state index < -0.39 is 6.17 Å². The van der Waals surface area contributed by atoms with Crippen LogP contribution in [0.1, 0.15) is 6.92 Å². The number of hydrogen-bond donors (Lipinski definition) is 0. The fraction of sp³-hybridized carbons (Fsp3) is 0.333. The summed E-state index contributed by atoms with van der Waals surface area (Å²) in [6, 6.07) is 0. The van der Waals surface area contributed by atoms with Crippen LogP contribution in [0.25, 0.3) is 0 Å². The van der Waals surface area contributed by atoms with Crippen molar-refractivity contribution in [2.75, 3.05) is 0 Å². The van der Waals surface area contributed by atoms with E-state index in [1.807, 2.05) is 6.92 Å². The summed E-state index contributed by atoms with van der Waals surface area (Å²) in [7, 11) is 0. The standard InChI is InChI=1S/C6H7BrN2O2/c1-5-2-3-6(9(10)11)8(7)4-5/h2-4,6H,1H3/t6-/m1/s1. The zero-order valence-corrected chi connectivity index (χ0v) is 7.48. The van der Waals surface area contributed by atoms with Crippen LogP contribution in [0.3, 0.4) is 0 Å². The van der Waals surface area contributed by atoms with Crippen molar-refractivity contribution in [1.29, 1.82) is 0 Å². The van der Waals surface area contributed by atoms with Crippen LogP contribution in [0, 0.1) is 10.1 Å². The van der Waals surface area contributed by atoms with E-state index in [1.54, 1.807) is 12.3 Å². The minimum Gasteiger partial charge on any atom is -0.262 e. The quantitative estimate of drug-likeness (QED) is 0.383. The second kappa shape index (κ2) is 3.04. The first-order valence-corrected chi connectivity index (χ1v) is 3.76. The van der Waals surface area contributed by atoms with Crippen molar-refractivity contribution in [3.63, 3.8) is 0 Å². The molecule has 1 atom stereocenters. The second-order valence-electron chi connectivity index (χ2n) is 2.28. The molecule has 0 bridgehead atoms. The lowest BCUT2D eigenvalue weighted by molar-refractivity contribution is -0.525. The summed E-state index contributed by atoms with van der Waals surface area (Å²) in [6.45, 7) is 1.88. The van der Waals surface area contributed by atoms with E-state index in [1.165, 1.54) is 10.0 Å². The molecule has 0 aliphatic carbocycles. The Hall–Kier alpha value is -0.840. The molecule has 0 unspecified atom stereocenters. The van der Waals surface area contributed by atoms with Gasteiger partial charge in [-0.15, -0.1) is 0 Å². The SMILES string of the molecule is CC1=CN(Br)[C@H]([N+](=O)[O-])C=C1. The van der Waals surface area contributed by atoms with Gasteiger partial charge in [-0.1, -0.05) is 6.08 Å². The first-order valence-electron chi connectivity index (χ1n) is 3.05. The fourth-order valence-corrected chi connectivity index (χ4v) is 1.40. The van der Waals surface area contributed by atoms with Gasteiger partial charge in [-0.05, 0) is 12.5 Å². The predicted molar refractivity (Wildman–Crippen MR) is 44.4 cm³/mol. The Morgan fingerprint density at radius 3 is 2.91 bits per heavy atom. The van der Waals surface area contributed by atoms with Crippen molar-refractivity contribution in [1.82, 2.24) is 3.93 Å². The molecule has 0 N–H and O–H groups in total. The highest BCUT2D eigenvalue weighted by atomic mass is 79.9. The largest absolute Gasteiger partial charge is 0.315 e. The molecule has 0 saturated heterocycles. The summed E-state index contributed by atoms with van der Waals surface area (Å²) in [5.74, 6) is 0. The highest BCUT2D eigenvalue weighted by molar-refractivity contribution is 9.07. The molecular formula is C6H7BrN2O2. The molecule has 1 aliphatic heterocycles. The Morgan fingerprint density at radius 1 is 1.82 bits per heavy atom. The maximum atomic E-state index is 10.3. The molecule has 0 saturated carbocycles. The molecule has 0 aromatic rings. The van der Waals surface area contributed by atoms with E-state index in [2.05, 4.69) is 16.1 Å². The second-order valence-corrected chi connectivity index (χ2v) is 3.09. The van der Waals surface area contributed by atoms with E-state index >= 15 is 0 Å². The number of halogens is 1. The highest BCUT2D eigenvalue weighted by Gasteiger charge is 2.23. The number of allylic oxidation sites excluding steroid dienone is 2. The van der Waals surface area contributed by atoms with Crippen LogP contribution in [0.2, 0.25) is 0 Å². The van der Waals surface area contributed by atoms with Crippen LogP contribution in [-0.4, -0.2) is 15.0 Å². The Labute approximate surface area is 72.7 Å². The van der Waals surface area contributed by atoms with Crippen LogP contribution in [0.15, 0.2) is 23.9 Å². The van der Waals surface area contributed by atoms with Crippen molar-refractivity contribution in [2.45, 2.75) is 13.1 Å². The van der Waals surface area contributed by atoms with Gasteiger partial charge in [0.25, 0.3) is 0 Å². The molecule has 5 heteroatoms. The van der Waals surface area contributed by atoms with Gasteiger partial charge in [0.1, 0.15) is 0 Å². The maximum Gasteiger partial charge on any atom is 0.315 e. The van der Waals surface area contributed by atoms with Gasteiger partial charge in [-0.3, -0.25) is 10.1 Å². The summed E-state index contributed by atoms with van der Waals surface area (Å²) < 4.78 is 1.39. The van der Waals surface area contributed by atoms with Gasteiger partial charge in [-0.25, -0.2) is 3.93 Å². The monoisotopic (exact) mass is 218 g/mol. The van der Waals surface area contributed by atoms with Crippen LogP contribution in [0.5, 0.6) is 0 Å². The van der Waals surface area contributed by atoms with E-state index in [0.717, 1.165) is 5.57 Å². The van der Waals surface area contributed by atoms with Gasteiger partial charge in [0.2, 0.25) is 0 Å². The van der Waals surface area contributed by atoms with E-state index in [0.29, 0.717) is 0 Å². The normalized spacial score (nSPS) is 23.3. The summed E-state index contributed by atoms with van der Waals surface area (Å²) in [6.07, 6.45) is 4.15. The Bertz CT molecular complexity index is 237. The van der Waals surface area contributed by atoms with Crippen molar-refractivity contribution < 1.29 is 4.92 Å². The third-order valence-electron chi connectivity index (χ3n) is 1.33. The molecule has 1 aliphatic rings. The molecule has 0 fully saturated rings. The molecule has 11 heavy (non-hydrogen) atoms. The molecule has 60 valence electrons. The zero-order chi connectivity index (χ0) is 8.43. The average Bonchev–Trinajstić information content (AvgIpc) is 1.85. The molecule has 0 spiro atoms. The van der Waals surface area contributed by atoms with Gasteiger partial charge >= 0.3 is 6.17 Å². The number of nitro groups is 1. The number of hydrogen-bond acceptors (Lipinski definition) is 3. The van der Waals surface area contributed by atoms with Crippen LogP contribution >= 0.6 is 16.1 Å². The lowest BCUT2D eigenvalue weighted by atomic mass is 10.2. The minimum atomic E-state index is -0.779. The molecular weight excluding hydrogens is 212 g/mol. The molecule has 1 rings (SSSR count). The van der Waals surface area contributed by atoms with Gasteiger partial charge in [-0.2, -0.15) is 0 Å². The van der Waals surface area contributed by atoms with Crippen LogP contribution in [-0.2, 0) is 0 Å². The van der Waals surface area contributed by atoms with Gasteiger partial charge < -0.3 is 0 Å². The van der Waals surface area contributed by atoms with Gasteiger partial charge in [0, 0.05) is 12.3 Å². The van der Waals surface area contributed by atoms with Gasteiger partial charge in [0.15, 0.2) is 0 Å². The van der Waals surface area contributed by atoms with Crippen LogP contribution < -0.4 is 0 Å². The number of nitrogens with zero attached hydrogens (tertiary/aromatic N) is 2. The van der Waals surface area contributed by atoms with Crippen molar-refractivity contribution in [2.24, 2.45) is 0 Å². The molecule has 0 aromatic carbocycles. The van der Waals surface area contributed by atoms with Crippen molar-refractivity contribution in [3.05, 3.63) is 34.0 Å². The number of rotatable bonds is 1. The maximum absolute atomic E-state index is 10.3. The molecule has 0 amide bonds. The first-order chi connectivity index (χ1) is 5.11. The Kier molecular flexibility index (Phi) is 2.28. The van der Waals surface area contributed by atoms with Crippen molar-refractivity contribution >= 4 is 16.1 Å². The molecule has 4 nitrogen and oxygen atoms in total. The fourth-order valence-electron chi connectivity index (χ4n) is 0.794. The van der Waals surface area contributed by atoms with E-state index in [-0.39, 0.29) is 4.92 Å². The van der Waals surface area contributed by atoms with Gasteiger partial charge in [0.05, 0.1) is 21.1 Å². The summed E-state index contributed by atoms with van der Waals surface area (Å²) >= 11 is 3.06. The third kappa shape index (κ3) is 1.80. The van der Waals surface area contributed by atoms with Crippen molar-refractivity contribution in [3.8, 4) is 0 Å². The Morgan fingerprint density at radius 2 is 2.45 bits per heavy atom.